The number of nitrogens with one attached hydrogen (secondary N) is 1. The van der Waals surface area contributed by atoms with Crippen LogP contribution in [-0.4, -0.2) is 28.0 Å². The van der Waals surface area contributed by atoms with E-state index in [1.165, 1.54) is 0 Å². The number of aryl methyl sites for hydroxylation is 1. The molecule has 1 saturated carbocycles. The van der Waals surface area contributed by atoms with E-state index < -0.39 is 0 Å². The van der Waals surface area contributed by atoms with Crippen molar-refractivity contribution < 1.29 is 4.74 Å². The van der Waals surface area contributed by atoms with Gasteiger partial charge in [-0.15, -0.1) is 11.6 Å². The Morgan fingerprint density at radius 3 is 2.78 bits per heavy atom. The zero-order valence-corrected chi connectivity index (χ0v) is 11.9. The van der Waals surface area contributed by atoms with Gasteiger partial charge in [-0.2, -0.15) is 4.98 Å². The molecule has 0 spiro atoms. The molecule has 1 aliphatic rings. The van der Waals surface area contributed by atoms with Crippen molar-refractivity contribution in [3.8, 4) is 5.88 Å². The second-order valence-corrected chi connectivity index (χ2v) is 5.77. The van der Waals surface area contributed by atoms with E-state index in [0.717, 1.165) is 25.1 Å². The maximum atomic E-state index is 5.95. The molecular formula is C13H20ClN3O. The van der Waals surface area contributed by atoms with E-state index in [0.29, 0.717) is 23.1 Å². The van der Waals surface area contributed by atoms with Crippen LogP contribution >= 0.6 is 11.6 Å². The molecule has 1 N–H and O–H groups in total. The van der Waals surface area contributed by atoms with Crippen LogP contribution in [0.4, 0.5) is 5.95 Å². The van der Waals surface area contributed by atoms with E-state index >= 15 is 0 Å². The number of ether oxygens (including phenoxy) is 1. The van der Waals surface area contributed by atoms with Crippen LogP contribution < -0.4 is 10.1 Å². The summed E-state index contributed by atoms with van der Waals surface area (Å²) in [6.45, 7) is 6.80. The molecule has 4 nitrogen and oxygen atoms in total. The Kier molecular flexibility index (Phi) is 4.27. The standard InChI is InChI=1S/C13H20ClN3O/c1-8(2)18-12-4-9(3)16-13(17-12)15-7-10-5-11(14)6-10/h4,8,10-11H,5-7H2,1-3H3,(H,15,16,17). The van der Waals surface area contributed by atoms with Crippen LogP contribution in [0.1, 0.15) is 32.4 Å². The summed E-state index contributed by atoms with van der Waals surface area (Å²) in [6.07, 6.45) is 2.28. The Morgan fingerprint density at radius 2 is 2.17 bits per heavy atom. The minimum atomic E-state index is 0.121. The van der Waals surface area contributed by atoms with E-state index in [1.54, 1.807) is 0 Å². The predicted octanol–water partition coefficient (Wildman–Crippen LogP) is 3.00. The molecule has 0 saturated heterocycles. The molecule has 1 fully saturated rings. The van der Waals surface area contributed by atoms with Crippen LogP contribution in [-0.2, 0) is 0 Å². The van der Waals surface area contributed by atoms with Gasteiger partial charge in [0.1, 0.15) is 0 Å². The predicted molar refractivity (Wildman–Crippen MR) is 73.4 cm³/mol. The Balaban J connectivity index is 1.92. The first-order valence-corrected chi connectivity index (χ1v) is 6.87. The van der Waals surface area contributed by atoms with Crippen LogP contribution in [0.3, 0.4) is 0 Å². The molecule has 2 rings (SSSR count). The van der Waals surface area contributed by atoms with Crippen LogP contribution in [0.15, 0.2) is 6.07 Å². The lowest BCUT2D eigenvalue weighted by Crippen LogP contribution is -2.30. The SMILES string of the molecule is Cc1cc(OC(C)C)nc(NCC2CC(Cl)C2)n1. The number of halogens is 1. The number of rotatable bonds is 5. The highest BCUT2D eigenvalue weighted by Crippen LogP contribution is 2.31. The van der Waals surface area contributed by atoms with Crippen LogP contribution in [0.2, 0.25) is 0 Å². The quantitative estimate of drug-likeness (QED) is 0.835. The number of alkyl halides is 1. The van der Waals surface area contributed by atoms with Crippen molar-refractivity contribution in [1.82, 2.24) is 9.97 Å². The molecular weight excluding hydrogens is 250 g/mol. The topological polar surface area (TPSA) is 47.0 Å². The van der Waals surface area contributed by atoms with Crippen molar-refractivity contribution in [2.75, 3.05) is 11.9 Å². The maximum absolute atomic E-state index is 5.95. The summed E-state index contributed by atoms with van der Waals surface area (Å²) in [4.78, 5) is 8.70. The fraction of sp³-hybridized carbons (Fsp3) is 0.692. The van der Waals surface area contributed by atoms with Crippen LogP contribution in [0, 0.1) is 12.8 Å². The van der Waals surface area contributed by atoms with E-state index in [-0.39, 0.29) is 6.10 Å². The molecule has 18 heavy (non-hydrogen) atoms. The van der Waals surface area contributed by atoms with Crippen LogP contribution in [0.25, 0.3) is 0 Å². The summed E-state index contributed by atoms with van der Waals surface area (Å²) < 4.78 is 5.59. The van der Waals surface area contributed by atoms with Crippen molar-refractivity contribution in [2.45, 2.75) is 45.1 Å². The zero-order valence-electron chi connectivity index (χ0n) is 11.1. The molecule has 0 aliphatic heterocycles. The monoisotopic (exact) mass is 269 g/mol. The Hall–Kier alpha value is -1.03. The second-order valence-electron chi connectivity index (χ2n) is 5.15. The van der Waals surface area contributed by atoms with Crippen molar-refractivity contribution in [3.05, 3.63) is 11.8 Å². The van der Waals surface area contributed by atoms with E-state index in [1.807, 2.05) is 26.8 Å². The first-order valence-electron chi connectivity index (χ1n) is 6.43. The number of aromatic nitrogens is 2. The lowest BCUT2D eigenvalue weighted by molar-refractivity contribution is 0.232. The van der Waals surface area contributed by atoms with Gasteiger partial charge in [0.2, 0.25) is 11.8 Å². The van der Waals surface area contributed by atoms with E-state index in [2.05, 4.69) is 15.3 Å². The van der Waals surface area contributed by atoms with Crippen molar-refractivity contribution in [1.29, 1.82) is 0 Å². The highest BCUT2D eigenvalue weighted by Gasteiger charge is 2.26. The average molecular weight is 270 g/mol. The van der Waals surface area contributed by atoms with Gasteiger partial charge < -0.3 is 10.1 Å². The molecule has 5 heteroatoms. The first kappa shape index (κ1) is 13.4. The molecule has 0 radical (unpaired) electrons. The van der Waals surface area contributed by atoms with Crippen LogP contribution in [0.5, 0.6) is 5.88 Å². The molecule has 1 aliphatic carbocycles. The van der Waals surface area contributed by atoms with Crippen molar-refractivity contribution >= 4 is 17.5 Å². The van der Waals surface area contributed by atoms with E-state index in [9.17, 15) is 0 Å². The molecule has 0 aromatic carbocycles. The molecule has 0 amide bonds. The minimum absolute atomic E-state index is 0.121. The molecule has 1 heterocycles. The van der Waals surface area contributed by atoms with Crippen molar-refractivity contribution in [2.24, 2.45) is 5.92 Å². The third-order valence-corrected chi connectivity index (χ3v) is 3.27. The van der Waals surface area contributed by atoms with Crippen molar-refractivity contribution in [3.63, 3.8) is 0 Å². The Labute approximate surface area is 113 Å². The van der Waals surface area contributed by atoms with Gasteiger partial charge in [0.15, 0.2) is 0 Å². The number of hydrogen-bond acceptors (Lipinski definition) is 4. The van der Waals surface area contributed by atoms with E-state index in [4.69, 9.17) is 16.3 Å². The third kappa shape index (κ3) is 3.73. The van der Waals surface area contributed by atoms with Gasteiger partial charge in [0, 0.05) is 23.7 Å². The van der Waals surface area contributed by atoms with Gasteiger partial charge in [0.05, 0.1) is 6.10 Å². The highest BCUT2D eigenvalue weighted by molar-refractivity contribution is 6.21. The molecule has 0 bridgehead atoms. The fourth-order valence-electron chi connectivity index (χ4n) is 1.98. The molecule has 1 aromatic heterocycles. The first-order chi connectivity index (χ1) is 8.52. The fourth-order valence-corrected chi connectivity index (χ4v) is 2.48. The summed E-state index contributed by atoms with van der Waals surface area (Å²) in [5.41, 5.74) is 0.909. The number of anilines is 1. The summed E-state index contributed by atoms with van der Waals surface area (Å²) in [7, 11) is 0. The Bertz CT molecular complexity index is 405. The van der Waals surface area contributed by atoms with Gasteiger partial charge in [-0.1, -0.05) is 0 Å². The minimum Gasteiger partial charge on any atom is -0.475 e. The average Bonchev–Trinajstić information content (AvgIpc) is 2.21. The normalized spacial score (nSPS) is 22.7. The van der Waals surface area contributed by atoms with Gasteiger partial charge in [-0.3, -0.25) is 0 Å². The number of nitrogens with zero attached hydrogens (tertiary/aromatic N) is 2. The van der Waals surface area contributed by atoms with Gasteiger partial charge in [0.25, 0.3) is 0 Å². The number of hydrogen-bond donors (Lipinski definition) is 1. The summed E-state index contributed by atoms with van der Waals surface area (Å²) in [6, 6.07) is 1.85. The molecule has 0 atom stereocenters. The second kappa shape index (κ2) is 5.74. The van der Waals surface area contributed by atoms with Gasteiger partial charge in [-0.05, 0) is 39.5 Å². The maximum Gasteiger partial charge on any atom is 0.226 e. The smallest absolute Gasteiger partial charge is 0.226 e. The van der Waals surface area contributed by atoms with Gasteiger partial charge in [-0.25, -0.2) is 4.98 Å². The Morgan fingerprint density at radius 1 is 1.44 bits per heavy atom. The van der Waals surface area contributed by atoms with Gasteiger partial charge >= 0.3 is 0 Å². The molecule has 0 unspecified atom stereocenters. The largest absolute Gasteiger partial charge is 0.475 e. The summed E-state index contributed by atoms with van der Waals surface area (Å²) >= 11 is 5.95. The highest BCUT2D eigenvalue weighted by atomic mass is 35.5. The summed E-state index contributed by atoms with van der Waals surface area (Å²) in [5, 5.41) is 3.62. The lowest BCUT2D eigenvalue weighted by Gasteiger charge is -2.30. The lowest BCUT2D eigenvalue weighted by atomic mass is 9.85. The molecule has 1 aromatic rings. The zero-order chi connectivity index (χ0) is 13.1. The molecule has 100 valence electrons. The summed E-state index contributed by atoms with van der Waals surface area (Å²) in [5.74, 6) is 1.92. The third-order valence-electron chi connectivity index (χ3n) is 2.91.